The van der Waals surface area contributed by atoms with Crippen LogP contribution < -0.4 is 0 Å². The Morgan fingerprint density at radius 3 is 1.48 bits per heavy atom. The summed E-state index contributed by atoms with van der Waals surface area (Å²) in [5.41, 5.74) is 5.76. The molecule has 2 aliphatic carbocycles. The van der Waals surface area contributed by atoms with Crippen LogP contribution >= 0.6 is 12.4 Å². The molecule has 0 atom stereocenters. The monoisotopic (exact) mass is 468 g/mol. The first-order valence-corrected chi connectivity index (χ1v) is 11.0. The molecule has 0 radical (unpaired) electrons. The Morgan fingerprint density at radius 2 is 1.12 bits per heavy atom. The number of aromatic nitrogens is 6. The Kier molecular flexibility index (Phi) is 5.04. The van der Waals surface area contributed by atoms with Crippen molar-refractivity contribution in [2.45, 2.75) is 65.2 Å². The van der Waals surface area contributed by atoms with Crippen LogP contribution in [0.5, 0.6) is 0 Å². The number of halogens is 1. The maximum Gasteiger partial charge on any atom is 0.264 e. The highest BCUT2D eigenvalue weighted by atomic mass is 35.5. The van der Waals surface area contributed by atoms with E-state index in [0.717, 1.165) is 48.2 Å². The summed E-state index contributed by atoms with van der Waals surface area (Å²) in [7, 11) is 0. The zero-order chi connectivity index (χ0) is 22.1. The number of ketones is 1. The molecule has 172 valence electrons. The SMILES string of the molecule is Cc1[nH]c(-c2nnc(C3CC3)o2)c(C)c1C(=O)c1c(C)[nH]c(-c2nnc(C3CC3)o2)c1C.Cl. The lowest BCUT2D eigenvalue weighted by Gasteiger charge is -2.04. The summed E-state index contributed by atoms with van der Waals surface area (Å²) in [5.74, 6) is 2.88. The standard InChI is InChI=1S/C23H24N6O3.ClH/c1-9-15(11(3)24-17(9)22-28-26-20(31-22)13-5-6-13)19(30)16-10(2)18(25-12(16)4)23-29-27-21(32-23)14-7-8-14;/h13-14,24-25H,5-8H2,1-4H3;1H. The topological polar surface area (TPSA) is 126 Å². The molecule has 0 spiro atoms. The fourth-order valence-corrected chi connectivity index (χ4v) is 4.40. The van der Waals surface area contributed by atoms with Crippen LogP contribution in [0, 0.1) is 27.7 Å². The summed E-state index contributed by atoms with van der Waals surface area (Å²) in [5, 5.41) is 16.7. The second-order valence-electron chi connectivity index (χ2n) is 9.02. The van der Waals surface area contributed by atoms with E-state index in [9.17, 15) is 4.79 Å². The quantitative estimate of drug-likeness (QED) is 0.377. The lowest BCUT2D eigenvalue weighted by Crippen LogP contribution is -2.06. The molecule has 9 nitrogen and oxygen atoms in total. The molecule has 2 aliphatic rings. The highest BCUT2D eigenvalue weighted by Gasteiger charge is 2.33. The molecule has 0 amide bonds. The Balaban J connectivity index is 0.00000228. The van der Waals surface area contributed by atoms with Crippen molar-refractivity contribution in [2.24, 2.45) is 0 Å². The minimum Gasteiger partial charge on any atom is -0.419 e. The molecule has 2 N–H and O–H groups in total. The molecular formula is C23H25ClN6O3. The van der Waals surface area contributed by atoms with E-state index in [1.54, 1.807) is 0 Å². The molecule has 4 aromatic heterocycles. The Hall–Kier alpha value is -3.20. The number of H-pyrrole nitrogens is 2. The maximum absolute atomic E-state index is 13.7. The van der Waals surface area contributed by atoms with Crippen LogP contribution in [-0.2, 0) is 0 Å². The molecule has 4 aromatic rings. The van der Waals surface area contributed by atoms with Crippen molar-refractivity contribution in [3.8, 4) is 23.2 Å². The van der Waals surface area contributed by atoms with Gasteiger partial charge in [-0.15, -0.1) is 32.8 Å². The predicted octanol–water partition coefficient (Wildman–Crippen LogP) is 5.08. The minimum atomic E-state index is -0.0659. The first-order valence-electron chi connectivity index (χ1n) is 11.0. The number of carbonyl (C=O) groups is 1. The smallest absolute Gasteiger partial charge is 0.264 e. The van der Waals surface area contributed by atoms with Gasteiger partial charge in [-0.1, -0.05) is 0 Å². The summed E-state index contributed by atoms with van der Waals surface area (Å²) in [6, 6.07) is 0. The van der Waals surface area contributed by atoms with Gasteiger partial charge in [0.15, 0.2) is 5.78 Å². The minimum absolute atomic E-state index is 0. The normalized spacial score (nSPS) is 15.6. The molecule has 4 heterocycles. The molecule has 0 bridgehead atoms. The molecule has 10 heteroatoms. The van der Waals surface area contributed by atoms with E-state index in [2.05, 4.69) is 30.4 Å². The van der Waals surface area contributed by atoms with Crippen LogP contribution in [-0.4, -0.2) is 36.1 Å². The van der Waals surface area contributed by atoms with Gasteiger partial charge in [-0.05, 0) is 64.5 Å². The van der Waals surface area contributed by atoms with Gasteiger partial charge in [0.2, 0.25) is 11.8 Å². The van der Waals surface area contributed by atoms with Crippen molar-refractivity contribution in [1.29, 1.82) is 0 Å². The molecule has 2 saturated carbocycles. The molecule has 6 rings (SSSR count). The van der Waals surface area contributed by atoms with Gasteiger partial charge in [-0.2, -0.15) is 0 Å². The first-order chi connectivity index (χ1) is 15.4. The van der Waals surface area contributed by atoms with E-state index in [4.69, 9.17) is 8.83 Å². The fourth-order valence-electron chi connectivity index (χ4n) is 4.40. The Labute approximate surface area is 196 Å². The number of hydrogen-bond donors (Lipinski definition) is 2. The number of aryl methyl sites for hydroxylation is 2. The molecule has 2 fully saturated rings. The van der Waals surface area contributed by atoms with Gasteiger partial charge in [-0.25, -0.2) is 0 Å². The molecule has 0 unspecified atom stereocenters. The lowest BCUT2D eigenvalue weighted by molar-refractivity contribution is 0.103. The average molecular weight is 469 g/mol. The highest BCUT2D eigenvalue weighted by Crippen LogP contribution is 2.41. The van der Waals surface area contributed by atoms with Gasteiger partial charge in [0.1, 0.15) is 11.4 Å². The van der Waals surface area contributed by atoms with Gasteiger partial charge in [0.25, 0.3) is 11.8 Å². The fraction of sp³-hybridized carbons (Fsp3) is 0.435. The average Bonchev–Trinajstić information content (AvgIpc) is 3.64. The van der Waals surface area contributed by atoms with E-state index in [-0.39, 0.29) is 18.2 Å². The Morgan fingerprint density at radius 1 is 0.727 bits per heavy atom. The predicted molar refractivity (Wildman–Crippen MR) is 122 cm³/mol. The summed E-state index contributed by atoms with van der Waals surface area (Å²) >= 11 is 0. The van der Waals surface area contributed by atoms with E-state index in [1.807, 2.05) is 27.7 Å². The second-order valence-corrected chi connectivity index (χ2v) is 9.02. The number of rotatable bonds is 6. The maximum atomic E-state index is 13.7. The number of carbonyl (C=O) groups excluding carboxylic acids is 1. The van der Waals surface area contributed by atoms with E-state index >= 15 is 0 Å². The van der Waals surface area contributed by atoms with E-state index < -0.39 is 0 Å². The van der Waals surface area contributed by atoms with Crippen LogP contribution in [0.1, 0.15) is 87.7 Å². The third-order valence-corrected chi connectivity index (χ3v) is 6.49. The van der Waals surface area contributed by atoms with E-state index in [1.165, 1.54) is 0 Å². The van der Waals surface area contributed by atoms with Crippen LogP contribution in [0.25, 0.3) is 23.2 Å². The van der Waals surface area contributed by atoms with Crippen LogP contribution in [0.3, 0.4) is 0 Å². The summed E-state index contributed by atoms with van der Waals surface area (Å²) in [6.45, 7) is 7.59. The summed E-state index contributed by atoms with van der Waals surface area (Å²) in [4.78, 5) is 20.3. The van der Waals surface area contributed by atoms with Crippen LogP contribution in [0.2, 0.25) is 0 Å². The number of nitrogens with zero attached hydrogens (tertiary/aromatic N) is 4. The van der Waals surface area contributed by atoms with Crippen molar-refractivity contribution < 1.29 is 13.6 Å². The van der Waals surface area contributed by atoms with Gasteiger partial charge in [0, 0.05) is 34.4 Å². The van der Waals surface area contributed by atoms with Crippen LogP contribution in [0.4, 0.5) is 0 Å². The third kappa shape index (κ3) is 3.51. The third-order valence-electron chi connectivity index (χ3n) is 6.49. The van der Waals surface area contributed by atoms with Crippen molar-refractivity contribution in [1.82, 2.24) is 30.4 Å². The second kappa shape index (κ2) is 7.69. The first kappa shape index (κ1) is 21.6. The van der Waals surface area contributed by atoms with Gasteiger partial charge < -0.3 is 18.8 Å². The molecule has 0 aliphatic heterocycles. The summed E-state index contributed by atoms with van der Waals surface area (Å²) in [6.07, 6.45) is 4.35. The molecular weight excluding hydrogens is 444 g/mol. The van der Waals surface area contributed by atoms with Crippen LogP contribution in [0.15, 0.2) is 8.83 Å². The molecule has 0 saturated heterocycles. The largest absolute Gasteiger partial charge is 0.419 e. The van der Waals surface area contributed by atoms with Crippen molar-refractivity contribution in [3.63, 3.8) is 0 Å². The van der Waals surface area contributed by atoms with E-state index in [0.29, 0.717) is 57.9 Å². The zero-order valence-corrected chi connectivity index (χ0v) is 19.7. The van der Waals surface area contributed by atoms with Gasteiger partial charge in [-0.3, -0.25) is 4.79 Å². The molecule has 33 heavy (non-hydrogen) atoms. The number of aromatic amines is 2. The van der Waals surface area contributed by atoms with Crippen molar-refractivity contribution in [2.75, 3.05) is 0 Å². The van der Waals surface area contributed by atoms with Gasteiger partial charge in [0.05, 0.1) is 0 Å². The number of hydrogen-bond acceptors (Lipinski definition) is 7. The Bertz CT molecular complexity index is 1270. The molecule has 0 aromatic carbocycles. The zero-order valence-electron chi connectivity index (χ0n) is 18.9. The van der Waals surface area contributed by atoms with Crippen molar-refractivity contribution in [3.05, 3.63) is 45.4 Å². The lowest BCUT2D eigenvalue weighted by atomic mass is 9.96. The summed E-state index contributed by atoms with van der Waals surface area (Å²) < 4.78 is 11.7. The van der Waals surface area contributed by atoms with Crippen molar-refractivity contribution >= 4 is 18.2 Å². The van der Waals surface area contributed by atoms with Gasteiger partial charge >= 0.3 is 0 Å². The highest BCUT2D eigenvalue weighted by molar-refractivity contribution is 6.13. The number of nitrogens with one attached hydrogen (secondary N) is 2.